The fraction of sp³-hybridized carbons (Fsp3) is 0.429. The van der Waals surface area contributed by atoms with Crippen LogP contribution in [0.3, 0.4) is 0 Å². The van der Waals surface area contributed by atoms with Crippen molar-refractivity contribution in [3.05, 3.63) is 35.9 Å². The molecule has 2 atom stereocenters. The van der Waals surface area contributed by atoms with Crippen molar-refractivity contribution >= 4 is 23.7 Å². The van der Waals surface area contributed by atoms with Gasteiger partial charge in [-0.15, -0.1) is 0 Å². The highest BCUT2D eigenvalue weighted by molar-refractivity contribution is 6.07. The molecule has 1 fully saturated rings. The summed E-state index contributed by atoms with van der Waals surface area (Å²) >= 11 is 0. The Morgan fingerprint density at radius 2 is 1.67 bits per heavy atom. The Labute approximate surface area is 174 Å². The Morgan fingerprint density at radius 3 is 2.27 bits per heavy atom. The van der Waals surface area contributed by atoms with Crippen molar-refractivity contribution in [1.82, 2.24) is 10.2 Å². The number of allylic oxidation sites excluding steroid dienone is 2. The Balaban J connectivity index is 1.44. The van der Waals surface area contributed by atoms with Crippen molar-refractivity contribution in [2.24, 2.45) is 11.8 Å². The summed E-state index contributed by atoms with van der Waals surface area (Å²) in [5.74, 6) is -1.72. The zero-order valence-corrected chi connectivity index (χ0v) is 16.9. The zero-order chi connectivity index (χ0) is 21.7. The fourth-order valence-electron chi connectivity index (χ4n) is 3.59. The third-order valence-corrected chi connectivity index (χ3v) is 5.19. The van der Waals surface area contributed by atoms with E-state index in [-0.39, 0.29) is 18.4 Å². The number of hydrogen-bond acceptors (Lipinski definition) is 7. The number of methoxy groups -OCH3 is 2. The number of amides is 3. The Morgan fingerprint density at radius 1 is 1.03 bits per heavy atom. The van der Waals surface area contributed by atoms with Gasteiger partial charge in [-0.25, -0.2) is 0 Å². The summed E-state index contributed by atoms with van der Waals surface area (Å²) in [5.41, 5.74) is 0.775. The van der Waals surface area contributed by atoms with Gasteiger partial charge < -0.3 is 19.5 Å². The van der Waals surface area contributed by atoms with E-state index < -0.39 is 36.9 Å². The summed E-state index contributed by atoms with van der Waals surface area (Å²) in [6.45, 7) is -0.777. The van der Waals surface area contributed by atoms with Crippen LogP contribution in [0.15, 0.2) is 30.4 Å². The number of rotatable bonds is 8. The molecule has 1 aromatic rings. The highest BCUT2D eigenvalue weighted by Gasteiger charge is 2.47. The van der Waals surface area contributed by atoms with Gasteiger partial charge in [0.2, 0.25) is 11.8 Å². The van der Waals surface area contributed by atoms with E-state index in [0.717, 1.165) is 10.5 Å². The molecular formula is C21H24N2O7. The van der Waals surface area contributed by atoms with Crippen LogP contribution >= 0.6 is 0 Å². The van der Waals surface area contributed by atoms with Crippen LogP contribution in [0, 0.1) is 11.8 Å². The van der Waals surface area contributed by atoms with Crippen LogP contribution < -0.4 is 14.8 Å². The van der Waals surface area contributed by atoms with E-state index in [1.165, 1.54) is 14.2 Å². The number of fused-ring (bicyclic) bond motifs is 1. The summed E-state index contributed by atoms with van der Waals surface area (Å²) in [7, 11) is 3.04. The van der Waals surface area contributed by atoms with Gasteiger partial charge in [-0.3, -0.25) is 24.1 Å². The number of hydrogen-bond donors (Lipinski definition) is 1. The summed E-state index contributed by atoms with van der Waals surface area (Å²) in [6, 6.07) is 5.22. The van der Waals surface area contributed by atoms with Crippen molar-refractivity contribution in [1.29, 1.82) is 0 Å². The van der Waals surface area contributed by atoms with E-state index >= 15 is 0 Å². The van der Waals surface area contributed by atoms with Gasteiger partial charge in [0.1, 0.15) is 6.54 Å². The maximum Gasteiger partial charge on any atom is 0.326 e. The summed E-state index contributed by atoms with van der Waals surface area (Å²) < 4.78 is 15.3. The second-order valence-corrected chi connectivity index (χ2v) is 7.05. The molecule has 1 aliphatic carbocycles. The molecule has 0 spiro atoms. The van der Waals surface area contributed by atoms with E-state index in [1.54, 1.807) is 18.2 Å². The number of nitrogens with zero attached hydrogens (tertiary/aromatic N) is 1. The topological polar surface area (TPSA) is 111 Å². The summed E-state index contributed by atoms with van der Waals surface area (Å²) in [5, 5.41) is 2.63. The standard InChI is InChI=1S/C21H24N2O7/c1-28-16-8-7-13(9-17(16)29-2)10-22-18(24)12-30-19(25)11-23-20(26)14-5-3-4-6-15(14)21(23)27/h3-4,7-9,14-15H,5-6,10-12H2,1-2H3,(H,22,24)/t14-,15+. The second kappa shape index (κ2) is 9.43. The number of imide groups is 1. The van der Waals surface area contributed by atoms with E-state index in [9.17, 15) is 19.2 Å². The van der Waals surface area contributed by atoms with E-state index in [2.05, 4.69) is 5.32 Å². The van der Waals surface area contributed by atoms with Crippen LogP contribution in [0.4, 0.5) is 0 Å². The van der Waals surface area contributed by atoms with Crippen LogP contribution in [-0.4, -0.2) is 56.0 Å². The molecule has 1 N–H and O–H groups in total. The van der Waals surface area contributed by atoms with Gasteiger partial charge in [0, 0.05) is 6.54 Å². The molecule has 0 bridgehead atoms. The number of nitrogens with one attached hydrogen (secondary N) is 1. The third kappa shape index (κ3) is 4.61. The Bertz CT molecular complexity index is 854. The van der Waals surface area contributed by atoms with Gasteiger partial charge in [-0.1, -0.05) is 18.2 Å². The zero-order valence-electron chi connectivity index (χ0n) is 16.9. The first kappa shape index (κ1) is 21.4. The first-order valence-corrected chi connectivity index (χ1v) is 9.58. The average Bonchev–Trinajstić information content (AvgIpc) is 3.01. The quantitative estimate of drug-likeness (QED) is 0.379. The molecule has 1 aromatic carbocycles. The normalized spacial score (nSPS) is 20.0. The molecule has 3 amide bonds. The smallest absolute Gasteiger partial charge is 0.326 e. The maximum atomic E-state index is 12.3. The molecule has 1 aliphatic heterocycles. The molecule has 0 aromatic heterocycles. The molecule has 0 radical (unpaired) electrons. The van der Waals surface area contributed by atoms with Gasteiger partial charge in [0.25, 0.3) is 5.91 Å². The lowest BCUT2D eigenvalue weighted by atomic mass is 9.85. The lowest BCUT2D eigenvalue weighted by Gasteiger charge is -2.14. The predicted molar refractivity (Wildman–Crippen MR) is 104 cm³/mol. The van der Waals surface area contributed by atoms with Crippen LogP contribution in [0.1, 0.15) is 18.4 Å². The van der Waals surface area contributed by atoms with Crippen molar-refractivity contribution in [2.75, 3.05) is 27.4 Å². The minimum Gasteiger partial charge on any atom is -0.493 e. The van der Waals surface area contributed by atoms with Crippen LogP contribution in [0.5, 0.6) is 11.5 Å². The van der Waals surface area contributed by atoms with E-state index in [1.807, 2.05) is 12.2 Å². The minimum atomic E-state index is -0.801. The van der Waals surface area contributed by atoms with Crippen molar-refractivity contribution in [2.45, 2.75) is 19.4 Å². The third-order valence-electron chi connectivity index (χ3n) is 5.19. The molecule has 160 valence electrons. The number of carbonyl (C=O) groups excluding carboxylic acids is 4. The number of benzene rings is 1. The predicted octanol–water partition coefficient (Wildman–Crippen LogP) is 0.814. The number of esters is 1. The second-order valence-electron chi connectivity index (χ2n) is 7.05. The highest BCUT2D eigenvalue weighted by atomic mass is 16.5. The van der Waals surface area contributed by atoms with Crippen LogP contribution in [0.25, 0.3) is 0 Å². The van der Waals surface area contributed by atoms with Crippen molar-refractivity contribution < 1.29 is 33.4 Å². The first-order valence-electron chi connectivity index (χ1n) is 9.58. The van der Waals surface area contributed by atoms with E-state index in [4.69, 9.17) is 14.2 Å². The maximum absolute atomic E-state index is 12.3. The lowest BCUT2D eigenvalue weighted by Crippen LogP contribution is -2.38. The molecule has 2 aliphatic rings. The highest BCUT2D eigenvalue weighted by Crippen LogP contribution is 2.34. The fourth-order valence-corrected chi connectivity index (χ4v) is 3.59. The molecule has 1 saturated heterocycles. The lowest BCUT2D eigenvalue weighted by molar-refractivity contribution is -0.154. The molecule has 30 heavy (non-hydrogen) atoms. The molecule has 9 heteroatoms. The monoisotopic (exact) mass is 416 g/mol. The average molecular weight is 416 g/mol. The number of likely N-dealkylation sites (tertiary alicyclic amines) is 1. The van der Waals surface area contributed by atoms with Gasteiger partial charge in [0.05, 0.1) is 26.1 Å². The number of ether oxygens (including phenoxy) is 3. The largest absolute Gasteiger partial charge is 0.493 e. The number of carbonyl (C=O) groups is 4. The summed E-state index contributed by atoms with van der Waals surface area (Å²) in [6.07, 6.45) is 4.74. The summed E-state index contributed by atoms with van der Waals surface area (Å²) in [4.78, 5) is 49.6. The van der Waals surface area contributed by atoms with E-state index in [0.29, 0.717) is 24.3 Å². The Hall–Kier alpha value is -3.36. The molecule has 9 nitrogen and oxygen atoms in total. The molecule has 0 unspecified atom stereocenters. The van der Waals surface area contributed by atoms with Crippen molar-refractivity contribution in [3.8, 4) is 11.5 Å². The SMILES string of the molecule is COc1ccc(CNC(=O)COC(=O)CN2C(=O)[C@H]3CC=CC[C@H]3C2=O)cc1OC. The minimum absolute atomic E-state index is 0.205. The van der Waals surface area contributed by atoms with Gasteiger partial charge in [0.15, 0.2) is 18.1 Å². The molecule has 1 heterocycles. The van der Waals surface area contributed by atoms with Crippen molar-refractivity contribution in [3.63, 3.8) is 0 Å². The molecule has 3 rings (SSSR count). The van der Waals surface area contributed by atoms with Gasteiger partial charge >= 0.3 is 5.97 Å². The van der Waals surface area contributed by atoms with Gasteiger partial charge in [-0.2, -0.15) is 0 Å². The first-order chi connectivity index (χ1) is 14.4. The van der Waals surface area contributed by atoms with Gasteiger partial charge in [-0.05, 0) is 30.5 Å². The molecular weight excluding hydrogens is 392 g/mol. The van der Waals surface area contributed by atoms with Crippen LogP contribution in [-0.2, 0) is 30.5 Å². The Kier molecular flexibility index (Phi) is 6.71. The van der Waals surface area contributed by atoms with Crippen LogP contribution in [0.2, 0.25) is 0 Å². The molecule has 0 saturated carbocycles.